The number of hydrogen-bond acceptors (Lipinski definition) is 4. The molecule has 2 aliphatic rings. The van der Waals surface area contributed by atoms with Crippen LogP contribution in [-0.4, -0.2) is 37.5 Å². The third-order valence-electron chi connectivity index (χ3n) is 3.67. The molecular weight excluding hydrogens is 314 g/mol. The number of thiophene rings is 1. The fourth-order valence-electron chi connectivity index (χ4n) is 2.69. The molecule has 5 heteroatoms. The van der Waals surface area contributed by atoms with Gasteiger partial charge in [0.15, 0.2) is 6.29 Å². The average Bonchev–Trinajstić information content (AvgIpc) is 3.02. The van der Waals surface area contributed by atoms with Gasteiger partial charge in [-0.15, -0.1) is 11.3 Å². The van der Waals surface area contributed by atoms with Gasteiger partial charge >= 0.3 is 0 Å². The monoisotopic (exact) mass is 331 g/mol. The van der Waals surface area contributed by atoms with Gasteiger partial charge in [0, 0.05) is 17.3 Å². The van der Waals surface area contributed by atoms with E-state index >= 15 is 0 Å². The van der Waals surface area contributed by atoms with Crippen molar-refractivity contribution in [2.24, 2.45) is 5.92 Å². The van der Waals surface area contributed by atoms with Crippen molar-refractivity contribution in [3.05, 3.63) is 20.8 Å². The Kier molecular flexibility index (Phi) is 4.36. The highest BCUT2D eigenvalue weighted by Gasteiger charge is 2.30. The fourth-order valence-corrected chi connectivity index (χ4v) is 4.21. The Morgan fingerprint density at radius 2 is 1.94 bits per heavy atom. The molecule has 0 spiro atoms. The van der Waals surface area contributed by atoms with Crippen LogP contribution >= 0.6 is 27.3 Å². The lowest BCUT2D eigenvalue weighted by Gasteiger charge is -2.33. The number of halogens is 1. The molecule has 1 aromatic heterocycles. The van der Waals surface area contributed by atoms with Crippen molar-refractivity contribution < 1.29 is 9.47 Å². The van der Waals surface area contributed by atoms with Crippen LogP contribution in [0.1, 0.15) is 17.7 Å². The molecule has 100 valence electrons. The molecule has 0 atom stereocenters. The van der Waals surface area contributed by atoms with Crippen molar-refractivity contribution in [1.29, 1.82) is 0 Å². The first kappa shape index (κ1) is 13.1. The van der Waals surface area contributed by atoms with Crippen molar-refractivity contribution in [2.75, 3.05) is 26.3 Å². The van der Waals surface area contributed by atoms with E-state index in [1.807, 2.05) is 11.3 Å². The predicted octanol–water partition coefficient (Wildman–Crippen LogP) is 3.10. The molecule has 18 heavy (non-hydrogen) atoms. The van der Waals surface area contributed by atoms with Gasteiger partial charge in [-0.3, -0.25) is 4.90 Å². The molecule has 0 N–H and O–H groups in total. The second-order valence-electron chi connectivity index (χ2n) is 4.93. The van der Waals surface area contributed by atoms with Crippen LogP contribution in [0.2, 0.25) is 0 Å². The van der Waals surface area contributed by atoms with Crippen LogP contribution < -0.4 is 0 Å². The highest BCUT2D eigenvalue weighted by molar-refractivity contribution is 9.11. The molecule has 3 rings (SSSR count). The van der Waals surface area contributed by atoms with E-state index in [1.54, 1.807) is 0 Å². The quantitative estimate of drug-likeness (QED) is 0.849. The summed E-state index contributed by atoms with van der Waals surface area (Å²) in [5, 5.41) is 0. The SMILES string of the molecule is Brc1ccc(CN2CCC(C3OCCO3)CC2)s1. The van der Waals surface area contributed by atoms with E-state index in [0.717, 1.165) is 32.8 Å². The summed E-state index contributed by atoms with van der Waals surface area (Å²) in [4.78, 5) is 3.97. The maximum Gasteiger partial charge on any atom is 0.160 e. The van der Waals surface area contributed by atoms with Crippen LogP contribution in [0.4, 0.5) is 0 Å². The number of likely N-dealkylation sites (tertiary alicyclic amines) is 1. The lowest BCUT2D eigenvalue weighted by molar-refractivity contribution is -0.0977. The molecule has 0 amide bonds. The molecule has 3 nitrogen and oxygen atoms in total. The maximum atomic E-state index is 5.60. The zero-order valence-corrected chi connectivity index (χ0v) is 12.7. The van der Waals surface area contributed by atoms with E-state index in [1.165, 1.54) is 21.5 Å². The largest absolute Gasteiger partial charge is 0.350 e. The minimum Gasteiger partial charge on any atom is -0.350 e. The molecular formula is C13H18BrNO2S. The van der Waals surface area contributed by atoms with Gasteiger partial charge < -0.3 is 9.47 Å². The molecule has 3 heterocycles. The normalized spacial score (nSPS) is 23.8. The maximum absolute atomic E-state index is 5.60. The van der Waals surface area contributed by atoms with Gasteiger partial charge in [-0.1, -0.05) is 0 Å². The summed E-state index contributed by atoms with van der Waals surface area (Å²) in [6.07, 6.45) is 2.46. The van der Waals surface area contributed by atoms with E-state index in [-0.39, 0.29) is 6.29 Å². The molecule has 0 unspecified atom stereocenters. The summed E-state index contributed by atoms with van der Waals surface area (Å²) in [5.74, 6) is 0.596. The number of rotatable bonds is 3. The zero-order chi connectivity index (χ0) is 12.4. The first-order chi connectivity index (χ1) is 8.81. The lowest BCUT2D eigenvalue weighted by atomic mass is 9.96. The molecule has 2 aliphatic heterocycles. The number of hydrogen-bond donors (Lipinski definition) is 0. The Balaban J connectivity index is 1.47. The summed E-state index contributed by atoms with van der Waals surface area (Å²) in [7, 11) is 0. The Bertz CT molecular complexity index is 384. The van der Waals surface area contributed by atoms with E-state index < -0.39 is 0 Å². The van der Waals surface area contributed by atoms with Crippen LogP contribution in [0.15, 0.2) is 15.9 Å². The standard InChI is InChI=1S/C13H18BrNO2S/c14-12-2-1-11(18-12)9-15-5-3-10(4-6-15)13-16-7-8-17-13/h1-2,10,13H,3-9H2. The van der Waals surface area contributed by atoms with Crippen LogP contribution in [0.3, 0.4) is 0 Å². The van der Waals surface area contributed by atoms with Crippen LogP contribution in [0.25, 0.3) is 0 Å². The van der Waals surface area contributed by atoms with Crippen molar-refractivity contribution in [2.45, 2.75) is 25.7 Å². The minimum absolute atomic E-state index is 0.0723. The summed E-state index contributed by atoms with van der Waals surface area (Å²) in [6, 6.07) is 4.34. The van der Waals surface area contributed by atoms with Gasteiger partial charge in [0.1, 0.15) is 0 Å². The van der Waals surface area contributed by atoms with E-state index in [0.29, 0.717) is 5.92 Å². The molecule has 0 aromatic carbocycles. The van der Waals surface area contributed by atoms with Crippen LogP contribution in [0.5, 0.6) is 0 Å². The molecule has 0 saturated carbocycles. The van der Waals surface area contributed by atoms with Crippen LogP contribution in [0, 0.1) is 5.92 Å². The molecule has 0 radical (unpaired) electrons. The smallest absolute Gasteiger partial charge is 0.160 e. The number of ether oxygens (including phenoxy) is 2. The third-order valence-corrected chi connectivity index (χ3v) is 5.28. The van der Waals surface area contributed by atoms with Crippen molar-refractivity contribution in [1.82, 2.24) is 4.90 Å². The van der Waals surface area contributed by atoms with Gasteiger partial charge in [-0.2, -0.15) is 0 Å². The Labute approximate surface area is 120 Å². The first-order valence-electron chi connectivity index (χ1n) is 6.51. The Hall–Kier alpha value is 0.0600. The molecule has 2 saturated heterocycles. The highest BCUT2D eigenvalue weighted by Crippen LogP contribution is 2.28. The molecule has 1 aromatic rings. The molecule has 0 bridgehead atoms. The number of nitrogens with zero attached hydrogens (tertiary/aromatic N) is 1. The third kappa shape index (κ3) is 3.14. The van der Waals surface area contributed by atoms with E-state index in [4.69, 9.17) is 9.47 Å². The zero-order valence-electron chi connectivity index (χ0n) is 10.3. The average molecular weight is 332 g/mol. The van der Waals surface area contributed by atoms with Gasteiger partial charge in [0.25, 0.3) is 0 Å². The Morgan fingerprint density at radius 1 is 1.22 bits per heavy atom. The Morgan fingerprint density at radius 3 is 2.56 bits per heavy atom. The predicted molar refractivity (Wildman–Crippen MR) is 75.7 cm³/mol. The summed E-state index contributed by atoms with van der Waals surface area (Å²) < 4.78 is 12.4. The second-order valence-corrected chi connectivity index (χ2v) is 7.48. The van der Waals surface area contributed by atoms with Gasteiger partial charge in [0.2, 0.25) is 0 Å². The number of piperidine rings is 1. The topological polar surface area (TPSA) is 21.7 Å². The van der Waals surface area contributed by atoms with E-state index in [2.05, 4.69) is 33.0 Å². The molecule has 2 fully saturated rings. The molecule has 0 aliphatic carbocycles. The van der Waals surface area contributed by atoms with Gasteiger partial charge in [-0.25, -0.2) is 0 Å². The van der Waals surface area contributed by atoms with Crippen molar-refractivity contribution >= 4 is 27.3 Å². The highest BCUT2D eigenvalue weighted by atomic mass is 79.9. The second kappa shape index (κ2) is 6.01. The first-order valence-corrected chi connectivity index (χ1v) is 8.12. The van der Waals surface area contributed by atoms with E-state index in [9.17, 15) is 0 Å². The van der Waals surface area contributed by atoms with Gasteiger partial charge in [0.05, 0.1) is 17.0 Å². The summed E-state index contributed by atoms with van der Waals surface area (Å²) in [5.41, 5.74) is 0. The summed E-state index contributed by atoms with van der Waals surface area (Å²) >= 11 is 5.35. The lowest BCUT2D eigenvalue weighted by Crippen LogP contribution is -2.37. The van der Waals surface area contributed by atoms with Gasteiger partial charge in [-0.05, 0) is 54.0 Å². The van der Waals surface area contributed by atoms with Crippen molar-refractivity contribution in [3.8, 4) is 0 Å². The van der Waals surface area contributed by atoms with Crippen LogP contribution in [-0.2, 0) is 16.0 Å². The summed E-state index contributed by atoms with van der Waals surface area (Å²) in [6.45, 7) is 4.93. The van der Waals surface area contributed by atoms with Crippen molar-refractivity contribution in [3.63, 3.8) is 0 Å². The minimum atomic E-state index is 0.0723. The fraction of sp³-hybridized carbons (Fsp3) is 0.692.